The third-order valence-corrected chi connectivity index (χ3v) is 5.76. The fourth-order valence-electron chi connectivity index (χ4n) is 2.96. The molecule has 3 aromatic carbocycles. The molecule has 6 heteroatoms. The monoisotopic (exact) mass is 428 g/mol. The largest absolute Gasteiger partial charge is 0.491 e. The molecule has 142 valence electrons. The lowest BCUT2D eigenvalue weighted by atomic mass is 10.2. The highest BCUT2D eigenvalue weighted by Crippen LogP contribution is 2.28. The zero-order valence-corrected chi connectivity index (χ0v) is 17.3. The van der Waals surface area contributed by atoms with Gasteiger partial charge in [0.25, 0.3) is 0 Å². The maximum Gasteiger partial charge on any atom is 0.169 e. The third-order valence-electron chi connectivity index (χ3n) is 4.27. The summed E-state index contributed by atoms with van der Waals surface area (Å²) < 4.78 is 8.02. The Morgan fingerprint density at radius 1 is 0.929 bits per heavy atom. The van der Waals surface area contributed by atoms with Crippen LogP contribution in [-0.4, -0.2) is 21.9 Å². The fraction of sp³-hybridized carbons (Fsp3) is 0.136. The van der Waals surface area contributed by atoms with Crippen LogP contribution in [0.1, 0.15) is 5.56 Å². The minimum atomic E-state index is 0.545. The molecule has 0 aliphatic carbocycles. The van der Waals surface area contributed by atoms with E-state index in [1.807, 2.05) is 48.5 Å². The van der Waals surface area contributed by atoms with Crippen molar-refractivity contribution in [1.82, 2.24) is 9.55 Å². The van der Waals surface area contributed by atoms with Crippen LogP contribution in [0.3, 0.4) is 0 Å². The predicted octanol–water partition coefficient (Wildman–Crippen LogP) is 6.56. The van der Waals surface area contributed by atoms with Crippen molar-refractivity contribution in [3.05, 3.63) is 88.4 Å². The van der Waals surface area contributed by atoms with Gasteiger partial charge in [0.05, 0.1) is 29.2 Å². The first-order chi connectivity index (χ1) is 13.7. The summed E-state index contributed by atoms with van der Waals surface area (Å²) in [6.07, 6.45) is 0. The van der Waals surface area contributed by atoms with Gasteiger partial charge in [0.2, 0.25) is 0 Å². The van der Waals surface area contributed by atoms with Gasteiger partial charge >= 0.3 is 0 Å². The van der Waals surface area contributed by atoms with Crippen LogP contribution in [0.25, 0.3) is 11.0 Å². The average Bonchev–Trinajstić information content (AvgIpc) is 3.03. The number of ether oxygens (including phenoxy) is 1. The van der Waals surface area contributed by atoms with Crippen molar-refractivity contribution in [2.75, 3.05) is 12.4 Å². The molecular weight excluding hydrogens is 411 g/mol. The zero-order valence-electron chi connectivity index (χ0n) is 15.0. The molecule has 0 aliphatic heterocycles. The first kappa shape index (κ1) is 19.2. The number of fused-ring (bicyclic) bond motifs is 1. The maximum absolute atomic E-state index is 6.16. The molecule has 0 unspecified atom stereocenters. The lowest BCUT2D eigenvalue weighted by molar-refractivity contribution is 0.344. The normalized spacial score (nSPS) is 11.1. The molecule has 0 fully saturated rings. The summed E-state index contributed by atoms with van der Waals surface area (Å²) >= 11 is 14.0. The molecule has 0 aliphatic rings. The van der Waals surface area contributed by atoms with Gasteiger partial charge in [0, 0.05) is 10.8 Å². The first-order valence-electron chi connectivity index (χ1n) is 8.90. The Morgan fingerprint density at radius 3 is 2.54 bits per heavy atom. The van der Waals surface area contributed by atoms with E-state index in [1.54, 1.807) is 11.8 Å². The molecule has 0 N–H and O–H groups in total. The molecule has 1 aromatic heterocycles. The quantitative estimate of drug-likeness (QED) is 0.246. The van der Waals surface area contributed by atoms with E-state index in [9.17, 15) is 0 Å². The van der Waals surface area contributed by atoms with Crippen molar-refractivity contribution < 1.29 is 4.74 Å². The Hall–Kier alpha value is -2.14. The average molecular weight is 429 g/mol. The lowest BCUT2D eigenvalue weighted by Crippen LogP contribution is -2.04. The van der Waals surface area contributed by atoms with Gasteiger partial charge in [-0.25, -0.2) is 4.98 Å². The van der Waals surface area contributed by atoms with Gasteiger partial charge in [0.1, 0.15) is 5.75 Å². The molecule has 0 saturated carbocycles. The number of nitrogens with zero attached hydrogens (tertiary/aromatic N) is 2. The van der Waals surface area contributed by atoms with E-state index in [-0.39, 0.29) is 0 Å². The zero-order chi connectivity index (χ0) is 19.3. The summed E-state index contributed by atoms with van der Waals surface area (Å²) in [5.74, 6) is 1.46. The Kier molecular flexibility index (Phi) is 6.10. The summed E-state index contributed by atoms with van der Waals surface area (Å²) in [5, 5.41) is 2.26. The highest BCUT2D eigenvalue weighted by molar-refractivity contribution is 7.99. The third kappa shape index (κ3) is 4.46. The number of imidazole rings is 1. The van der Waals surface area contributed by atoms with Crippen LogP contribution in [0.4, 0.5) is 0 Å². The second-order valence-electron chi connectivity index (χ2n) is 6.23. The highest BCUT2D eigenvalue weighted by atomic mass is 35.5. The highest BCUT2D eigenvalue weighted by Gasteiger charge is 2.12. The predicted molar refractivity (Wildman–Crippen MR) is 118 cm³/mol. The van der Waals surface area contributed by atoms with Gasteiger partial charge in [0.15, 0.2) is 5.16 Å². The molecule has 28 heavy (non-hydrogen) atoms. The second kappa shape index (κ2) is 8.91. The number of thioether (sulfide) groups is 1. The second-order valence-corrected chi connectivity index (χ2v) is 8.13. The number of para-hydroxylation sites is 1. The maximum atomic E-state index is 6.16. The molecule has 0 bridgehead atoms. The molecule has 0 radical (unpaired) electrons. The number of hydrogen-bond acceptors (Lipinski definition) is 3. The van der Waals surface area contributed by atoms with E-state index in [2.05, 4.69) is 28.8 Å². The molecule has 3 nitrogen and oxygen atoms in total. The van der Waals surface area contributed by atoms with Crippen molar-refractivity contribution in [1.29, 1.82) is 0 Å². The minimum Gasteiger partial charge on any atom is -0.491 e. The summed E-state index contributed by atoms with van der Waals surface area (Å²) in [5.41, 5.74) is 3.20. The molecule has 0 saturated heterocycles. The van der Waals surface area contributed by atoms with E-state index in [0.717, 1.165) is 28.5 Å². The van der Waals surface area contributed by atoms with Crippen molar-refractivity contribution in [3.8, 4) is 5.75 Å². The Balaban J connectivity index is 1.52. The summed E-state index contributed by atoms with van der Waals surface area (Å²) in [6.45, 7) is 1.30. The Labute approximate surface area is 178 Å². The van der Waals surface area contributed by atoms with Crippen LogP contribution in [0, 0.1) is 0 Å². The smallest absolute Gasteiger partial charge is 0.169 e. The standard InChI is InChI=1S/C22H18Cl2N2OS/c23-17-10-11-20-19(14-17)25-22(26(20)15-16-6-2-1-3-7-16)28-13-12-27-21-9-5-4-8-18(21)24/h1-11,14H,12-13,15H2. The molecule has 4 aromatic rings. The first-order valence-corrected chi connectivity index (χ1v) is 10.6. The van der Waals surface area contributed by atoms with Crippen molar-refractivity contribution >= 4 is 46.0 Å². The van der Waals surface area contributed by atoms with Gasteiger partial charge in [-0.1, -0.05) is 77.4 Å². The molecule has 1 heterocycles. The number of rotatable bonds is 7. The van der Waals surface area contributed by atoms with Crippen LogP contribution in [0.2, 0.25) is 10.0 Å². The van der Waals surface area contributed by atoms with Crippen LogP contribution >= 0.6 is 35.0 Å². The van der Waals surface area contributed by atoms with Crippen LogP contribution < -0.4 is 4.74 Å². The van der Waals surface area contributed by atoms with E-state index in [4.69, 9.17) is 32.9 Å². The van der Waals surface area contributed by atoms with Gasteiger partial charge in [-0.3, -0.25) is 0 Å². The lowest BCUT2D eigenvalue weighted by Gasteiger charge is -2.10. The number of benzene rings is 3. The van der Waals surface area contributed by atoms with Gasteiger partial charge < -0.3 is 9.30 Å². The molecule has 0 atom stereocenters. The van der Waals surface area contributed by atoms with E-state index >= 15 is 0 Å². The van der Waals surface area contributed by atoms with Crippen LogP contribution in [0.15, 0.2) is 78.0 Å². The molecule has 4 rings (SSSR count). The topological polar surface area (TPSA) is 27.1 Å². The van der Waals surface area contributed by atoms with Gasteiger partial charge in [-0.2, -0.15) is 0 Å². The summed E-state index contributed by atoms with van der Waals surface area (Å²) in [6, 6.07) is 23.7. The van der Waals surface area contributed by atoms with Crippen molar-refractivity contribution in [3.63, 3.8) is 0 Å². The van der Waals surface area contributed by atoms with Crippen LogP contribution in [0.5, 0.6) is 5.75 Å². The van der Waals surface area contributed by atoms with Crippen molar-refractivity contribution in [2.24, 2.45) is 0 Å². The Morgan fingerprint density at radius 2 is 1.71 bits per heavy atom. The van der Waals surface area contributed by atoms with Crippen LogP contribution in [-0.2, 0) is 6.54 Å². The molecule has 0 spiro atoms. The van der Waals surface area contributed by atoms with Gasteiger partial charge in [-0.15, -0.1) is 0 Å². The van der Waals surface area contributed by atoms with Crippen molar-refractivity contribution in [2.45, 2.75) is 11.7 Å². The van der Waals surface area contributed by atoms with E-state index in [1.165, 1.54) is 5.56 Å². The minimum absolute atomic E-state index is 0.545. The number of hydrogen-bond donors (Lipinski definition) is 0. The van der Waals surface area contributed by atoms with E-state index < -0.39 is 0 Å². The summed E-state index contributed by atoms with van der Waals surface area (Å²) in [7, 11) is 0. The Bertz CT molecular complexity index is 1080. The number of aromatic nitrogens is 2. The SMILES string of the molecule is Clc1ccc2c(c1)nc(SCCOc1ccccc1Cl)n2Cc1ccccc1. The fourth-order valence-corrected chi connectivity index (χ4v) is 4.14. The van der Waals surface area contributed by atoms with E-state index in [0.29, 0.717) is 22.4 Å². The number of halogens is 2. The van der Waals surface area contributed by atoms with Gasteiger partial charge in [-0.05, 0) is 35.9 Å². The molecule has 0 amide bonds. The summed E-state index contributed by atoms with van der Waals surface area (Å²) in [4.78, 5) is 4.79. The molecular formula is C22H18Cl2N2OS.